The van der Waals surface area contributed by atoms with Crippen LogP contribution >= 0.6 is 0 Å². The zero-order valence-electron chi connectivity index (χ0n) is 23.8. The fraction of sp³-hybridized carbons (Fsp3) is 0.222. The first kappa shape index (κ1) is 25.8. The summed E-state index contributed by atoms with van der Waals surface area (Å²) in [6, 6.07) is 25.9. The Morgan fingerprint density at radius 1 is 0.625 bits per heavy atom. The summed E-state index contributed by atoms with van der Waals surface area (Å²) in [5, 5.41) is 20.8. The molecule has 200 valence electrons. The number of carbonyl (C=O) groups excluding carboxylic acids is 1. The van der Waals surface area contributed by atoms with E-state index in [9.17, 15) is 14.7 Å². The van der Waals surface area contributed by atoms with Gasteiger partial charge in [-0.25, -0.2) is 4.79 Å². The smallest absolute Gasteiger partial charge is 0.336 e. The SMILES string of the molecule is CC(C)(C)c1ccc(C(C)(C)C)c(NC(=O)c2cc(C(=O)O)c3cccc4c5cccc6cccc(c2c34)c65)c1. The van der Waals surface area contributed by atoms with Crippen molar-refractivity contribution in [2.75, 3.05) is 5.32 Å². The van der Waals surface area contributed by atoms with Crippen LogP contribution in [0.3, 0.4) is 0 Å². The Morgan fingerprint density at radius 2 is 1.23 bits per heavy atom. The average Bonchev–Trinajstić information content (AvgIpc) is 2.89. The van der Waals surface area contributed by atoms with Crippen molar-refractivity contribution in [2.45, 2.75) is 52.4 Å². The van der Waals surface area contributed by atoms with E-state index in [2.05, 4.69) is 83.3 Å². The van der Waals surface area contributed by atoms with Crippen molar-refractivity contribution in [3.8, 4) is 0 Å². The van der Waals surface area contributed by atoms with Crippen LogP contribution in [0.1, 0.15) is 73.4 Å². The van der Waals surface area contributed by atoms with Gasteiger partial charge < -0.3 is 10.4 Å². The van der Waals surface area contributed by atoms with Crippen LogP contribution in [0.2, 0.25) is 0 Å². The van der Waals surface area contributed by atoms with Crippen LogP contribution in [0.4, 0.5) is 5.69 Å². The molecule has 6 aromatic rings. The minimum atomic E-state index is -1.06. The maximum atomic E-state index is 14.3. The summed E-state index contributed by atoms with van der Waals surface area (Å²) in [4.78, 5) is 26.8. The fourth-order valence-corrected chi connectivity index (χ4v) is 6.07. The van der Waals surface area contributed by atoms with E-state index in [0.29, 0.717) is 10.9 Å². The van der Waals surface area contributed by atoms with Crippen LogP contribution in [0.25, 0.3) is 43.1 Å². The normalized spacial score (nSPS) is 12.6. The average molecular weight is 528 g/mol. The van der Waals surface area contributed by atoms with Crippen molar-refractivity contribution in [2.24, 2.45) is 0 Å². The number of nitrogens with one attached hydrogen (secondary N) is 1. The van der Waals surface area contributed by atoms with E-state index >= 15 is 0 Å². The number of anilines is 1. The summed E-state index contributed by atoms with van der Waals surface area (Å²) < 4.78 is 0. The molecule has 0 radical (unpaired) electrons. The summed E-state index contributed by atoms with van der Waals surface area (Å²) in [5.74, 6) is -1.37. The molecule has 1 amide bonds. The lowest BCUT2D eigenvalue weighted by Gasteiger charge is -2.27. The lowest BCUT2D eigenvalue weighted by molar-refractivity contribution is 0.0699. The third-order valence-corrected chi connectivity index (χ3v) is 8.04. The standard InChI is InChI=1S/C36H33NO3/c1-35(2,3)21-16-17-28(36(4,5)6)29(18-21)37-33(38)27-19-26(34(39)40)24-14-9-13-23-22-12-7-10-20-11-8-15-25(30(20)22)32(27)31(23)24/h7-19H,1-6H3,(H,37,38)(H,39,40). The number of amides is 1. The van der Waals surface area contributed by atoms with Crippen molar-refractivity contribution < 1.29 is 14.7 Å². The van der Waals surface area contributed by atoms with E-state index in [-0.39, 0.29) is 22.3 Å². The van der Waals surface area contributed by atoms with Gasteiger partial charge in [-0.05, 0) is 71.8 Å². The summed E-state index contributed by atoms with van der Waals surface area (Å²) in [6.07, 6.45) is 0. The Bertz CT molecular complexity index is 1980. The monoisotopic (exact) mass is 527 g/mol. The van der Waals surface area contributed by atoms with Gasteiger partial charge in [-0.3, -0.25) is 4.79 Å². The topological polar surface area (TPSA) is 66.4 Å². The highest BCUT2D eigenvalue weighted by Gasteiger charge is 2.26. The second-order valence-corrected chi connectivity index (χ2v) is 12.8. The Kier molecular flexibility index (Phi) is 5.67. The second kappa shape index (κ2) is 8.79. The van der Waals surface area contributed by atoms with Crippen molar-refractivity contribution in [1.82, 2.24) is 0 Å². The molecular weight excluding hydrogens is 494 g/mol. The third kappa shape index (κ3) is 3.98. The van der Waals surface area contributed by atoms with E-state index in [1.165, 1.54) is 0 Å². The molecule has 0 atom stereocenters. The largest absolute Gasteiger partial charge is 0.478 e. The fourth-order valence-electron chi connectivity index (χ4n) is 6.07. The van der Waals surface area contributed by atoms with Gasteiger partial charge in [0, 0.05) is 16.6 Å². The minimum absolute atomic E-state index is 0.102. The van der Waals surface area contributed by atoms with Crippen LogP contribution < -0.4 is 5.32 Å². The molecule has 0 aromatic heterocycles. The van der Waals surface area contributed by atoms with Crippen molar-refractivity contribution in [3.63, 3.8) is 0 Å². The molecule has 0 unspecified atom stereocenters. The lowest BCUT2D eigenvalue weighted by atomic mass is 9.81. The van der Waals surface area contributed by atoms with Crippen LogP contribution in [0, 0.1) is 0 Å². The van der Waals surface area contributed by atoms with Gasteiger partial charge in [0.15, 0.2) is 0 Å². The molecule has 0 aliphatic carbocycles. The molecule has 0 spiro atoms. The molecule has 4 heteroatoms. The Balaban J connectivity index is 1.69. The van der Waals surface area contributed by atoms with E-state index < -0.39 is 5.97 Å². The summed E-state index contributed by atoms with van der Waals surface area (Å²) >= 11 is 0. The van der Waals surface area contributed by atoms with Gasteiger partial charge in [0.25, 0.3) is 5.91 Å². The van der Waals surface area contributed by atoms with Crippen LogP contribution in [-0.4, -0.2) is 17.0 Å². The number of hydrogen-bond donors (Lipinski definition) is 2. The van der Waals surface area contributed by atoms with Crippen molar-refractivity contribution >= 4 is 60.7 Å². The van der Waals surface area contributed by atoms with Gasteiger partial charge in [-0.15, -0.1) is 0 Å². The van der Waals surface area contributed by atoms with Crippen LogP contribution in [-0.2, 0) is 10.8 Å². The zero-order valence-corrected chi connectivity index (χ0v) is 23.8. The van der Waals surface area contributed by atoms with Gasteiger partial charge in [0.2, 0.25) is 0 Å². The van der Waals surface area contributed by atoms with Gasteiger partial charge >= 0.3 is 5.97 Å². The number of benzene rings is 6. The first-order valence-electron chi connectivity index (χ1n) is 13.7. The Labute approximate surface area is 234 Å². The maximum Gasteiger partial charge on any atom is 0.336 e. The Hall–Kier alpha value is -4.44. The molecule has 0 saturated heterocycles. The minimum Gasteiger partial charge on any atom is -0.478 e. The predicted molar refractivity (Wildman–Crippen MR) is 166 cm³/mol. The number of rotatable bonds is 3. The molecule has 0 saturated carbocycles. The van der Waals surface area contributed by atoms with Crippen LogP contribution in [0.5, 0.6) is 0 Å². The molecule has 4 nitrogen and oxygen atoms in total. The molecule has 40 heavy (non-hydrogen) atoms. The molecule has 0 aliphatic rings. The molecule has 6 rings (SSSR count). The van der Waals surface area contributed by atoms with Gasteiger partial charge in [0.1, 0.15) is 0 Å². The molecule has 6 aromatic carbocycles. The van der Waals surface area contributed by atoms with Crippen molar-refractivity contribution in [3.05, 3.63) is 101 Å². The summed E-state index contributed by atoms with van der Waals surface area (Å²) in [5.41, 5.74) is 3.06. The van der Waals surface area contributed by atoms with E-state index in [4.69, 9.17) is 0 Å². The quantitative estimate of drug-likeness (QED) is 0.178. The molecule has 0 bridgehead atoms. The molecule has 0 aliphatic heterocycles. The number of carboxylic acid groups (broad SMARTS) is 1. The van der Waals surface area contributed by atoms with Crippen LogP contribution in [0.15, 0.2) is 78.9 Å². The third-order valence-electron chi connectivity index (χ3n) is 8.04. The summed E-state index contributed by atoms with van der Waals surface area (Å²) in [7, 11) is 0. The second-order valence-electron chi connectivity index (χ2n) is 12.8. The van der Waals surface area contributed by atoms with E-state index in [1.807, 2.05) is 36.4 Å². The number of aromatic carboxylic acids is 1. The highest BCUT2D eigenvalue weighted by Crippen LogP contribution is 2.43. The van der Waals surface area contributed by atoms with E-state index in [1.54, 1.807) is 6.07 Å². The number of hydrogen-bond acceptors (Lipinski definition) is 2. The number of carboxylic acids is 1. The Morgan fingerprint density at radius 3 is 1.85 bits per heavy atom. The molecule has 0 heterocycles. The number of fused-ring (bicyclic) bond motifs is 2. The lowest BCUT2D eigenvalue weighted by Crippen LogP contribution is -2.21. The highest BCUT2D eigenvalue weighted by atomic mass is 16.4. The first-order chi connectivity index (χ1) is 18.9. The zero-order chi connectivity index (χ0) is 28.6. The summed E-state index contributed by atoms with van der Waals surface area (Å²) in [6.45, 7) is 12.8. The van der Waals surface area contributed by atoms with Crippen molar-refractivity contribution in [1.29, 1.82) is 0 Å². The van der Waals surface area contributed by atoms with Gasteiger partial charge in [-0.2, -0.15) is 0 Å². The van der Waals surface area contributed by atoms with Gasteiger partial charge in [0.05, 0.1) is 5.56 Å². The maximum absolute atomic E-state index is 14.3. The first-order valence-corrected chi connectivity index (χ1v) is 13.7. The predicted octanol–water partition coefficient (Wildman–Crippen LogP) is 9.28. The molecule has 2 N–H and O–H groups in total. The molecular formula is C36H33NO3. The number of carbonyl (C=O) groups is 2. The van der Waals surface area contributed by atoms with E-state index in [0.717, 1.165) is 54.5 Å². The molecule has 0 fully saturated rings. The highest BCUT2D eigenvalue weighted by molar-refractivity contribution is 6.37. The van der Waals surface area contributed by atoms with Gasteiger partial charge in [-0.1, -0.05) is 108 Å².